The van der Waals surface area contributed by atoms with Gasteiger partial charge in [0.2, 0.25) is 5.91 Å². The average Bonchev–Trinajstić information content (AvgIpc) is 3.31. The van der Waals surface area contributed by atoms with Crippen LogP contribution in [0, 0.1) is 22.7 Å². The summed E-state index contributed by atoms with van der Waals surface area (Å²) in [6.07, 6.45) is 0.358. The third-order valence-corrected chi connectivity index (χ3v) is 9.27. The van der Waals surface area contributed by atoms with Gasteiger partial charge in [-0.3, -0.25) is 18.4 Å². The van der Waals surface area contributed by atoms with E-state index in [4.69, 9.17) is 24.3 Å². The van der Waals surface area contributed by atoms with Gasteiger partial charge in [-0.05, 0) is 65.5 Å². The number of anilines is 1. The molecule has 10 nitrogen and oxygen atoms in total. The number of thioether (sulfide) groups is 1. The molecule has 0 radical (unpaired) electrons. The molecule has 0 spiro atoms. The summed E-state index contributed by atoms with van der Waals surface area (Å²) in [5.41, 5.74) is 5.95. The lowest BCUT2D eigenvalue weighted by Crippen LogP contribution is -2.29. The molecule has 2 unspecified atom stereocenters. The standard InChI is InChI=1S/C29H38N5O5PS/c1-8-21-22(16-30)26(33-27(23(21)17-31)41-24(25(32)35)19-12-10-9-11-13-19)34-15-14-20(18-34)37-40(36,38-28(2,3)4)39-29(5,6)7/h9-13,20,24H,8,14-15,18H2,1-7H3,(H2,32,35). The maximum atomic E-state index is 13.7. The third-order valence-electron chi connectivity index (χ3n) is 5.91. The Hall–Kier alpha value is -2.92. The molecular weight excluding hydrogens is 561 g/mol. The highest BCUT2D eigenvalue weighted by molar-refractivity contribution is 8.00. The highest BCUT2D eigenvalue weighted by atomic mass is 32.2. The van der Waals surface area contributed by atoms with Crippen LogP contribution in [-0.2, 0) is 29.4 Å². The van der Waals surface area contributed by atoms with Gasteiger partial charge in [0, 0.05) is 13.1 Å². The van der Waals surface area contributed by atoms with E-state index in [-0.39, 0.29) is 17.7 Å². The van der Waals surface area contributed by atoms with Gasteiger partial charge in [0.15, 0.2) is 0 Å². The summed E-state index contributed by atoms with van der Waals surface area (Å²) in [6.45, 7) is 13.2. The van der Waals surface area contributed by atoms with Gasteiger partial charge < -0.3 is 10.6 Å². The lowest BCUT2D eigenvalue weighted by atomic mass is 10.0. The topological polar surface area (TPSA) is 152 Å². The summed E-state index contributed by atoms with van der Waals surface area (Å²) in [5, 5.41) is 19.7. The number of aromatic nitrogens is 1. The first kappa shape index (κ1) is 32.6. The van der Waals surface area contributed by atoms with Crippen molar-refractivity contribution in [3.05, 3.63) is 52.6 Å². The fourth-order valence-corrected chi connectivity index (χ4v) is 7.51. The van der Waals surface area contributed by atoms with Gasteiger partial charge in [-0.1, -0.05) is 49.0 Å². The van der Waals surface area contributed by atoms with E-state index in [0.717, 1.165) is 11.8 Å². The highest BCUT2D eigenvalue weighted by Crippen LogP contribution is 2.57. The molecule has 41 heavy (non-hydrogen) atoms. The van der Waals surface area contributed by atoms with Crippen molar-refractivity contribution in [3.8, 4) is 12.1 Å². The van der Waals surface area contributed by atoms with E-state index < -0.39 is 36.3 Å². The van der Waals surface area contributed by atoms with Crippen molar-refractivity contribution in [1.29, 1.82) is 10.5 Å². The predicted octanol–water partition coefficient (Wildman–Crippen LogP) is 6.04. The van der Waals surface area contributed by atoms with E-state index in [1.807, 2.05) is 30.0 Å². The number of phosphoric ester groups is 1. The zero-order valence-corrected chi connectivity index (χ0v) is 26.3. The van der Waals surface area contributed by atoms with Crippen molar-refractivity contribution >= 4 is 31.3 Å². The maximum absolute atomic E-state index is 13.7. The molecule has 2 heterocycles. The smallest absolute Gasteiger partial charge is 0.368 e. The second kappa shape index (κ2) is 12.9. The second-order valence-corrected chi connectivity index (χ2v) is 14.2. The van der Waals surface area contributed by atoms with E-state index in [1.54, 1.807) is 53.7 Å². The van der Waals surface area contributed by atoms with E-state index in [9.17, 15) is 19.9 Å². The Kier molecular flexibility index (Phi) is 10.3. The summed E-state index contributed by atoms with van der Waals surface area (Å²) in [7, 11) is -3.96. The number of amides is 1. The zero-order chi connectivity index (χ0) is 30.6. The van der Waals surface area contributed by atoms with Crippen LogP contribution in [0.25, 0.3) is 0 Å². The van der Waals surface area contributed by atoms with Crippen molar-refractivity contribution in [2.75, 3.05) is 18.0 Å². The number of nitriles is 2. The Balaban J connectivity index is 1.99. The molecule has 0 saturated carbocycles. The summed E-state index contributed by atoms with van der Waals surface area (Å²) < 4.78 is 31.3. The number of primary amides is 1. The van der Waals surface area contributed by atoms with Gasteiger partial charge in [0.25, 0.3) is 0 Å². The summed E-state index contributed by atoms with van der Waals surface area (Å²) in [4.78, 5) is 19.1. The largest absolute Gasteiger partial charge is 0.476 e. The number of rotatable bonds is 10. The van der Waals surface area contributed by atoms with Crippen molar-refractivity contribution < 1.29 is 22.9 Å². The molecule has 1 aliphatic rings. The molecule has 2 N–H and O–H groups in total. The molecular formula is C29H38N5O5PS. The van der Waals surface area contributed by atoms with Crippen molar-refractivity contribution in [2.45, 2.75) is 88.9 Å². The third kappa shape index (κ3) is 8.54. The fraction of sp³-hybridized carbons (Fsp3) is 0.517. The normalized spacial score (nSPS) is 16.7. The van der Waals surface area contributed by atoms with Crippen molar-refractivity contribution in [3.63, 3.8) is 0 Å². The van der Waals surface area contributed by atoms with Gasteiger partial charge in [-0.25, -0.2) is 9.55 Å². The fourth-order valence-electron chi connectivity index (χ4n) is 4.45. The molecule has 1 aliphatic heterocycles. The molecule has 220 valence electrons. The second-order valence-electron chi connectivity index (χ2n) is 11.7. The monoisotopic (exact) mass is 599 g/mol. The van der Waals surface area contributed by atoms with Gasteiger partial charge >= 0.3 is 7.82 Å². The predicted molar refractivity (Wildman–Crippen MR) is 158 cm³/mol. The van der Waals surface area contributed by atoms with Crippen LogP contribution in [-0.4, -0.2) is 41.3 Å². The van der Waals surface area contributed by atoms with Crippen LogP contribution in [0.4, 0.5) is 5.82 Å². The van der Waals surface area contributed by atoms with Gasteiger partial charge in [0.05, 0.1) is 28.4 Å². The molecule has 1 aromatic carbocycles. The average molecular weight is 600 g/mol. The van der Waals surface area contributed by atoms with E-state index in [1.165, 1.54) is 0 Å². The van der Waals surface area contributed by atoms with Crippen LogP contribution in [0.15, 0.2) is 35.4 Å². The summed E-state index contributed by atoms with van der Waals surface area (Å²) >= 11 is 1.09. The number of hydrogen-bond donors (Lipinski definition) is 1. The summed E-state index contributed by atoms with van der Waals surface area (Å²) in [6, 6.07) is 13.4. The minimum atomic E-state index is -3.96. The molecule has 2 aromatic rings. The van der Waals surface area contributed by atoms with Crippen LogP contribution in [0.5, 0.6) is 0 Å². The number of carbonyl (C=O) groups is 1. The van der Waals surface area contributed by atoms with E-state index in [0.29, 0.717) is 41.4 Å². The lowest BCUT2D eigenvalue weighted by molar-refractivity contribution is -0.117. The van der Waals surface area contributed by atoms with Gasteiger partial charge in [0.1, 0.15) is 28.2 Å². The number of nitrogens with two attached hydrogens (primary N) is 1. The molecule has 1 fully saturated rings. The van der Waals surface area contributed by atoms with Crippen LogP contribution in [0.3, 0.4) is 0 Å². The molecule has 0 aliphatic carbocycles. The van der Waals surface area contributed by atoms with Crippen LogP contribution in [0.2, 0.25) is 0 Å². The lowest BCUT2D eigenvalue weighted by Gasteiger charge is -2.32. The van der Waals surface area contributed by atoms with Crippen molar-refractivity contribution in [1.82, 2.24) is 4.98 Å². The molecule has 3 rings (SSSR count). The molecule has 2 atom stereocenters. The van der Waals surface area contributed by atoms with Crippen molar-refractivity contribution in [2.24, 2.45) is 5.73 Å². The molecule has 0 bridgehead atoms. The first-order valence-corrected chi connectivity index (χ1v) is 15.8. The van der Waals surface area contributed by atoms with Gasteiger partial charge in [-0.2, -0.15) is 10.5 Å². The Morgan fingerprint density at radius 1 is 1.12 bits per heavy atom. The number of carbonyl (C=O) groups excluding carboxylic acids is 1. The Labute approximate surface area is 246 Å². The van der Waals surface area contributed by atoms with Crippen LogP contribution in [0.1, 0.15) is 82.4 Å². The Morgan fingerprint density at radius 2 is 1.71 bits per heavy atom. The Morgan fingerprint density at radius 3 is 2.20 bits per heavy atom. The van der Waals surface area contributed by atoms with E-state index >= 15 is 0 Å². The molecule has 1 aromatic heterocycles. The molecule has 1 amide bonds. The SMILES string of the molecule is CCc1c(C#N)c(SC(C(N)=O)c2ccccc2)nc(N2CCC(OP(=O)(OC(C)(C)C)OC(C)(C)C)C2)c1C#N. The molecule has 1 saturated heterocycles. The number of hydrogen-bond acceptors (Lipinski definition) is 10. The first-order chi connectivity index (χ1) is 19.1. The van der Waals surface area contributed by atoms with Crippen LogP contribution < -0.4 is 10.6 Å². The van der Waals surface area contributed by atoms with E-state index in [2.05, 4.69) is 12.1 Å². The number of pyridine rings is 1. The summed E-state index contributed by atoms with van der Waals surface area (Å²) in [5.74, 6) is -0.199. The zero-order valence-electron chi connectivity index (χ0n) is 24.6. The number of benzene rings is 1. The Bertz CT molecular complexity index is 1370. The molecule has 12 heteroatoms. The van der Waals surface area contributed by atoms with Crippen LogP contribution >= 0.6 is 19.6 Å². The minimum Gasteiger partial charge on any atom is -0.368 e. The maximum Gasteiger partial charge on any atom is 0.476 e. The highest BCUT2D eigenvalue weighted by Gasteiger charge is 2.41. The van der Waals surface area contributed by atoms with Gasteiger partial charge in [-0.15, -0.1) is 0 Å². The number of nitrogens with zero attached hydrogens (tertiary/aromatic N) is 4. The first-order valence-electron chi connectivity index (χ1n) is 13.4. The number of phosphoric acid groups is 1. The quantitative estimate of drug-likeness (QED) is 0.253. The minimum absolute atomic E-state index is 0.244.